The van der Waals surface area contributed by atoms with Gasteiger partial charge in [0.25, 0.3) is 5.91 Å². The fourth-order valence-corrected chi connectivity index (χ4v) is 4.56. The zero-order valence-electron chi connectivity index (χ0n) is 18.3. The van der Waals surface area contributed by atoms with Crippen molar-refractivity contribution in [1.82, 2.24) is 10.2 Å². The lowest BCUT2D eigenvalue weighted by molar-refractivity contribution is -0.137. The molecule has 2 aromatic rings. The molecule has 2 aliphatic rings. The number of allylic oxidation sites excluding steroid dienone is 1. The van der Waals surface area contributed by atoms with Gasteiger partial charge in [-0.1, -0.05) is 12.1 Å². The molecule has 1 aliphatic heterocycles. The van der Waals surface area contributed by atoms with E-state index in [2.05, 4.69) is 5.32 Å². The standard InChI is InChI=1S/C24H20F4N4O2/c1-30-22(33)17-7-4-13(9-19(17)25)14-5-8-20-21(10-14)31(2)23(34)32(20)16-6-3-15(12-29)18(11-16)24(26,27)28/h3-4,6-7,9-11,20-21H,5,8H2,1-2H3,(H,30,33)/t20-,21-/m0/s1. The van der Waals surface area contributed by atoms with E-state index in [1.165, 1.54) is 35.0 Å². The van der Waals surface area contributed by atoms with E-state index in [0.717, 1.165) is 17.7 Å². The fraction of sp³-hybridized carbons (Fsp3) is 0.292. The minimum Gasteiger partial charge on any atom is -0.355 e. The van der Waals surface area contributed by atoms with E-state index >= 15 is 0 Å². The zero-order chi connectivity index (χ0) is 24.8. The molecule has 1 aliphatic carbocycles. The normalized spacial score (nSPS) is 20.0. The van der Waals surface area contributed by atoms with Crippen molar-refractivity contribution in [3.8, 4) is 6.07 Å². The topological polar surface area (TPSA) is 76.4 Å². The molecule has 1 saturated heterocycles. The summed E-state index contributed by atoms with van der Waals surface area (Å²) in [5.41, 5.74) is -0.276. The smallest absolute Gasteiger partial charge is 0.355 e. The molecule has 1 N–H and O–H groups in total. The Bertz CT molecular complexity index is 1250. The van der Waals surface area contributed by atoms with E-state index in [9.17, 15) is 27.2 Å². The summed E-state index contributed by atoms with van der Waals surface area (Å²) in [6.45, 7) is 0. The van der Waals surface area contributed by atoms with Crippen LogP contribution in [0.2, 0.25) is 0 Å². The number of alkyl halides is 3. The van der Waals surface area contributed by atoms with Gasteiger partial charge in [-0.05, 0) is 54.3 Å². The summed E-state index contributed by atoms with van der Waals surface area (Å²) < 4.78 is 54.8. The maximum absolute atomic E-state index is 14.5. The molecule has 0 saturated carbocycles. The highest BCUT2D eigenvalue weighted by Gasteiger charge is 2.46. The third-order valence-corrected chi connectivity index (χ3v) is 6.28. The molecular weight excluding hydrogens is 452 g/mol. The highest BCUT2D eigenvalue weighted by molar-refractivity contribution is 5.97. The first kappa shape index (κ1) is 23.3. The molecular formula is C24H20F4N4O2. The van der Waals surface area contributed by atoms with E-state index in [1.54, 1.807) is 19.2 Å². The second-order valence-corrected chi connectivity index (χ2v) is 8.17. The van der Waals surface area contributed by atoms with Crippen LogP contribution in [0.4, 0.5) is 28.0 Å². The Morgan fingerprint density at radius 2 is 1.94 bits per heavy atom. The average Bonchev–Trinajstić information content (AvgIpc) is 3.07. The molecule has 0 aromatic heterocycles. The summed E-state index contributed by atoms with van der Waals surface area (Å²) in [7, 11) is 2.97. The Morgan fingerprint density at radius 3 is 2.56 bits per heavy atom. The second kappa shape index (κ2) is 8.48. The van der Waals surface area contributed by atoms with E-state index in [4.69, 9.17) is 5.26 Å². The predicted molar refractivity (Wildman–Crippen MR) is 116 cm³/mol. The van der Waals surface area contributed by atoms with Gasteiger partial charge in [0, 0.05) is 19.8 Å². The van der Waals surface area contributed by atoms with Crippen molar-refractivity contribution >= 4 is 23.2 Å². The van der Waals surface area contributed by atoms with Gasteiger partial charge < -0.3 is 10.2 Å². The molecule has 34 heavy (non-hydrogen) atoms. The van der Waals surface area contributed by atoms with Crippen molar-refractivity contribution in [2.45, 2.75) is 31.1 Å². The lowest BCUT2D eigenvalue weighted by atomic mass is 9.87. The van der Waals surface area contributed by atoms with Crippen molar-refractivity contribution in [2.24, 2.45) is 0 Å². The van der Waals surface area contributed by atoms with Gasteiger partial charge in [0.05, 0.1) is 34.8 Å². The van der Waals surface area contributed by atoms with Crippen LogP contribution in [0.1, 0.15) is 39.9 Å². The summed E-state index contributed by atoms with van der Waals surface area (Å²) in [4.78, 5) is 27.5. The van der Waals surface area contributed by atoms with Crippen LogP contribution in [-0.2, 0) is 6.18 Å². The van der Waals surface area contributed by atoms with Crippen molar-refractivity contribution in [2.75, 3.05) is 19.0 Å². The Labute approximate surface area is 193 Å². The van der Waals surface area contributed by atoms with Crippen LogP contribution in [0.15, 0.2) is 42.5 Å². The molecule has 4 rings (SSSR count). The number of rotatable bonds is 3. The fourth-order valence-electron chi connectivity index (χ4n) is 4.56. The van der Waals surface area contributed by atoms with E-state index < -0.39 is 47.1 Å². The number of urea groups is 1. The van der Waals surface area contributed by atoms with Crippen LogP contribution in [0.3, 0.4) is 0 Å². The summed E-state index contributed by atoms with van der Waals surface area (Å²) in [6.07, 6.45) is -2.03. The van der Waals surface area contributed by atoms with E-state index in [1.807, 2.05) is 6.08 Å². The quantitative estimate of drug-likeness (QED) is 0.666. The van der Waals surface area contributed by atoms with Crippen LogP contribution < -0.4 is 10.2 Å². The third kappa shape index (κ3) is 3.87. The summed E-state index contributed by atoms with van der Waals surface area (Å²) in [5.74, 6) is -1.21. The van der Waals surface area contributed by atoms with Crippen LogP contribution in [0, 0.1) is 17.1 Å². The lowest BCUT2D eigenvalue weighted by Crippen LogP contribution is -2.38. The van der Waals surface area contributed by atoms with Crippen LogP contribution in [0.25, 0.3) is 5.57 Å². The minimum absolute atomic E-state index is 0.0634. The molecule has 6 nitrogen and oxygen atoms in total. The Hall–Kier alpha value is -3.87. The number of fused-ring (bicyclic) bond motifs is 1. The highest BCUT2D eigenvalue weighted by Crippen LogP contribution is 2.41. The van der Waals surface area contributed by atoms with Gasteiger partial charge in [0.2, 0.25) is 0 Å². The number of benzene rings is 2. The number of carbonyl (C=O) groups is 2. The van der Waals surface area contributed by atoms with Gasteiger partial charge in [-0.2, -0.15) is 18.4 Å². The van der Waals surface area contributed by atoms with Gasteiger partial charge in [-0.3, -0.25) is 9.69 Å². The highest BCUT2D eigenvalue weighted by atomic mass is 19.4. The number of halogens is 4. The van der Waals surface area contributed by atoms with Crippen LogP contribution in [-0.4, -0.2) is 43.0 Å². The number of likely N-dealkylation sites (N-methyl/N-ethyl adjacent to an activating group) is 1. The number of hydrogen-bond donors (Lipinski definition) is 1. The number of hydrogen-bond acceptors (Lipinski definition) is 3. The monoisotopic (exact) mass is 472 g/mol. The molecule has 0 radical (unpaired) electrons. The van der Waals surface area contributed by atoms with Crippen molar-refractivity contribution in [3.63, 3.8) is 0 Å². The third-order valence-electron chi connectivity index (χ3n) is 6.28. The molecule has 0 unspecified atom stereocenters. The molecule has 176 valence electrons. The Morgan fingerprint density at radius 1 is 1.21 bits per heavy atom. The predicted octanol–water partition coefficient (Wildman–Crippen LogP) is 4.56. The molecule has 0 bridgehead atoms. The summed E-state index contributed by atoms with van der Waals surface area (Å²) in [6, 6.07) is 7.73. The van der Waals surface area contributed by atoms with Crippen molar-refractivity contribution in [1.29, 1.82) is 5.26 Å². The maximum atomic E-state index is 14.5. The summed E-state index contributed by atoms with van der Waals surface area (Å²) in [5, 5.41) is 11.4. The average molecular weight is 472 g/mol. The second-order valence-electron chi connectivity index (χ2n) is 8.17. The van der Waals surface area contributed by atoms with Crippen molar-refractivity contribution in [3.05, 3.63) is 70.5 Å². The molecule has 0 spiro atoms. The van der Waals surface area contributed by atoms with E-state index in [-0.39, 0.29) is 11.3 Å². The number of nitrogens with zero attached hydrogens (tertiary/aromatic N) is 3. The number of anilines is 1. The molecule has 3 amide bonds. The molecule has 1 fully saturated rings. The first-order valence-corrected chi connectivity index (χ1v) is 10.5. The van der Waals surface area contributed by atoms with Crippen molar-refractivity contribution < 1.29 is 27.2 Å². The van der Waals surface area contributed by atoms with Gasteiger partial charge in [0.1, 0.15) is 5.82 Å². The van der Waals surface area contributed by atoms with E-state index in [0.29, 0.717) is 18.4 Å². The number of carbonyl (C=O) groups excluding carboxylic acids is 2. The van der Waals surface area contributed by atoms with Crippen LogP contribution >= 0.6 is 0 Å². The maximum Gasteiger partial charge on any atom is 0.417 e. The summed E-state index contributed by atoms with van der Waals surface area (Å²) >= 11 is 0. The Balaban J connectivity index is 1.68. The number of nitrogens with one attached hydrogen (secondary N) is 1. The minimum atomic E-state index is -4.74. The SMILES string of the molecule is CNC(=O)c1ccc(C2=C[C@H]3[C@H](CC2)N(c2ccc(C#N)c(C(F)(F)F)c2)C(=O)N3C)cc1F. The molecule has 10 heteroatoms. The molecule has 1 heterocycles. The first-order valence-electron chi connectivity index (χ1n) is 10.5. The van der Waals surface area contributed by atoms with Gasteiger partial charge >= 0.3 is 12.2 Å². The molecule has 2 aromatic carbocycles. The lowest BCUT2D eigenvalue weighted by Gasteiger charge is -2.30. The number of amides is 3. The Kier molecular flexibility index (Phi) is 5.81. The van der Waals surface area contributed by atoms with Gasteiger partial charge in [0.15, 0.2) is 0 Å². The largest absolute Gasteiger partial charge is 0.417 e. The number of nitriles is 1. The van der Waals surface area contributed by atoms with Gasteiger partial charge in [-0.15, -0.1) is 0 Å². The zero-order valence-corrected chi connectivity index (χ0v) is 18.3. The first-order chi connectivity index (χ1) is 16.1. The molecule has 2 atom stereocenters. The van der Waals surface area contributed by atoms with Gasteiger partial charge in [-0.25, -0.2) is 9.18 Å². The van der Waals surface area contributed by atoms with Crippen LogP contribution in [0.5, 0.6) is 0 Å².